The average molecular weight is 313 g/mol. The summed E-state index contributed by atoms with van der Waals surface area (Å²) in [7, 11) is 1.90. The molecule has 0 saturated heterocycles. The van der Waals surface area contributed by atoms with Crippen LogP contribution in [0.5, 0.6) is 0 Å². The van der Waals surface area contributed by atoms with Gasteiger partial charge < -0.3 is 10.6 Å². The quantitative estimate of drug-likeness (QED) is 0.890. The molecule has 2 rings (SSSR count). The summed E-state index contributed by atoms with van der Waals surface area (Å²) in [6.07, 6.45) is 0.709. The summed E-state index contributed by atoms with van der Waals surface area (Å²) in [6.45, 7) is 2.77. The molecule has 0 unspecified atom stereocenters. The first-order chi connectivity index (χ1) is 9.24. The second-order valence-corrected chi connectivity index (χ2v) is 4.84. The molecule has 0 saturated carbocycles. The molecule has 0 spiro atoms. The van der Waals surface area contributed by atoms with Crippen molar-refractivity contribution in [2.75, 3.05) is 12.4 Å². The van der Waals surface area contributed by atoms with E-state index in [1.54, 1.807) is 0 Å². The van der Waals surface area contributed by atoms with E-state index in [4.69, 9.17) is 0 Å². The molecule has 0 bridgehead atoms. The van der Waals surface area contributed by atoms with Gasteiger partial charge in [0, 0.05) is 12.2 Å². The lowest BCUT2D eigenvalue weighted by Gasteiger charge is -2.05. The van der Waals surface area contributed by atoms with Crippen LogP contribution in [0.3, 0.4) is 0 Å². The number of amides is 1. The third-order valence-electron chi connectivity index (χ3n) is 2.69. The third kappa shape index (κ3) is 4.00. The summed E-state index contributed by atoms with van der Waals surface area (Å²) >= 11 is 1.13. The monoisotopic (exact) mass is 312 g/mol. The Morgan fingerprint density at radius 3 is 2.60 bits per heavy atom. The number of halogens is 1. The molecule has 0 aliphatic carbocycles. The Kier molecular flexibility index (Phi) is 6.57. The molecule has 7 heteroatoms. The summed E-state index contributed by atoms with van der Waals surface area (Å²) in [5, 5.41) is 9.87. The predicted molar refractivity (Wildman–Crippen MR) is 83.7 cm³/mol. The lowest BCUT2D eigenvalue weighted by molar-refractivity contribution is 0.102. The van der Waals surface area contributed by atoms with E-state index < -0.39 is 0 Å². The normalized spacial score (nSPS) is 9.90. The van der Waals surface area contributed by atoms with Crippen LogP contribution in [0.4, 0.5) is 5.69 Å². The molecule has 2 N–H and O–H groups in total. The third-order valence-corrected chi connectivity index (χ3v) is 3.46. The van der Waals surface area contributed by atoms with Crippen molar-refractivity contribution in [2.24, 2.45) is 0 Å². The molecule has 0 aliphatic heterocycles. The van der Waals surface area contributed by atoms with Crippen molar-refractivity contribution in [2.45, 2.75) is 19.9 Å². The van der Waals surface area contributed by atoms with Crippen molar-refractivity contribution in [3.05, 3.63) is 40.4 Å². The first kappa shape index (κ1) is 16.6. The van der Waals surface area contributed by atoms with Crippen LogP contribution < -0.4 is 10.6 Å². The molecule has 0 radical (unpaired) electrons. The molecule has 1 aromatic heterocycles. The number of aromatic nitrogens is 2. The first-order valence-electron chi connectivity index (χ1n) is 6.10. The number of nitrogens with one attached hydrogen (secondary N) is 2. The minimum atomic E-state index is -0.145. The summed E-state index contributed by atoms with van der Waals surface area (Å²) in [5.41, 5.74) is 2.70. The highest BCUT2D eigenvalue weighted by molar-refractivity contribution is 7.08. The fraction of sp³-hybridized carbons (Fsp3) is 0.308. The zero-order chi connectivity index (χ0) is 13.7. The van der Waals surface area contributed by atoms with Gasteiger partial charge in [0.1, 0.15) is 4.88 Å². The second-order valence-electron chi connectivity index (χ2n) is 4.08. The Morgan fingerprint density at radius 2 is 2.00 bits per heavy atom. The highest BCUT2D eigenvalue weighted by atomic mass is 35.5. The van der Waals surface area contributed by atoms with Crippen LogP contribution in [-0.2, 0) is 13.0 Å². The predicted octanol–water partition coefficient (Wildman–Crippen LogP) is 2.49. The summed E-state index contributed by atoms with van der Waals surface area (Å²) in [6, 6.07) is 7.75. The number of rotatable bonds is 5. The van der Waals surface area contributed by atoms with Gasteiger partial charge in [0.05, 0.1) is 5.69 Å². The molecule has 1 aromatic carbocycles. The van der Waals surface area contributed by atoms with Gasteiger partial charge >= 0.3 is 0 Å². The van der Waals surface area contributed by atoms with Gasteiger partial charge in [-0.05, 0) is 42.7 Å². The lowest BCUT2D eigenvalue weighted by Crippen LogP contribution is -2.12. The molecule has 1 heterocycles. The summed E-state index contributed by atoms with van der Waals surface area (Å²) in [5.74, 6) is -0.145. The van der Waals surface area contributed by atoms with Gasteiger partial charge in [-0.2, -0.15) is 0 Å². The van der Waals surface area contributed by atoms with Crippen LogP contribution >= 0.6 is 23.9 Å². The van der Waals surface area contributed by atoms with Crippen LogP contribution in [0.25, 0.3) is 0 Å². The minimum Gasteiger partial charge on any atom is -0.321 e. The number of hydrogen-bond acceptors (Lipinski definition) is 5. The zero-order valence-electron chi connectivity index (χ0n) is 11.3. The van der Waals surface area contributed by atoms with Crippen LogP contribution in [0, 0.1) is 0 Å². The summed E-state index contributed by atoms with van der Waals surface area (Å²) in [4.78, 5) is 12.7. The number of carbonyl (C=O) groups is 1. The van der Waals surface area contributed by atoms with E-state index in [1.165, 1.54) is 5.56 Å². The molecule has 0 fully saturated rings. The van der Waals surface area contributed by atoms with Crippen molar-refractivity contribution in [1.29, 1.82) is 0 Å². The molecule has 0 atom stereocenters. The number of hydrogen-bond donors (Lipinski definition) is 2. The molecule has 20 heavy (non-hydrogen) atoms. The smallest absolute Gasteiger partial charge is 0.269 e. The SMILES string of the molecule is CCc1nnsc1C(=O)Nc1ccc(CNC)cc1.Cl. The Labute approximate surface area is 128 Å². The van der Waals surface area contributed by atoms with Crippen molar-refractivity contribution in [3.8, 4) is 0 Å². The largest absolute Gasteiger partial charge is 0.321 e. The van der Waals surface area contributed by atoms with Crippen LogP contribution in [0.15, 0.2) is 24.3 Å². The molecular weight excluding hydrogens is 296 g/mol. The first-order valence-corrected chi connectivity index (χ1v) is 6.88. The van der Waals surface area contributed by atoms with Crippen LogP contribution in [-0.4, -0.2) is 22.5 Å². The number of anilines is 1. The van der Waals surface area contributed by atoms with Gasteiger partial charge in [-0.25, -0.2) is 0 Å². The molecule has 1 amide bonds. The highest BCUT2D eigenvalue weighted by Gasteiger charge is 2.14. The maximum Gasteiger partial charge on any atom is 0.269 e. The topological polar surface area (TPSA) is 66.9 Å². The van der Waals surface area contributed by atoms with Gasteiger partial charge in [0.2, 0.25) is 0 Å². The zero-order valence-corrected chi connectivity index (χ0v) is 13.0. The average Bonchev–Trinajstić information content (AvgIpc) is 2.90. The van der Waals surface area contributed by atoms with Crippen molar-refractivity contribution in [1.82, 2.24) is 14.9 Å². The number of nitrogens with zero attached hydrogens (tertiary/aromatic N) is 2. The molecule has 108 valence electrons. The second kappa shape index (κ2) is 7.94. The lowest BCUT2D eigenvalue weighted by atomic mass is 10.2. The van der Waals surface area contributed by atoms with E-state index in [2.05, 4.69) is 20.2 Å². The van der Waals surface area contributed by atoms with Crippen LogP contribution in [0.2, 0.25) is 0 Å². The number of benzene rings is 1. The molecule has 0 aliphatic rings. The van der Waals surface area contributed by atoms with Crippen molar-refractivity contribution >= 4 is 35.5 Å². The molecule has 2 aromatic rings. The molecule has 5 nitrogen and oxygen atoms in total. The number of aryl methyl sites for hydroxylation is 1. The van der Waals surface area contributed by atoms with E-state index in [0.717, 1.165) is 29.5 Å². The fourth-order valence-corrected chi connectivity index (χ4v) is 2.36. The Hall–Kier alpha value is -1.50. The van der Waals surface area contributed by atoms with Crippen molar-refractivity contribution < 1.29 is 4.79 Å². The fourth-order valence-electron chi connectivity index (χ4n) is 1.71. The Balaban J connectivity index is 0.00000200. The standard InChI is InChI=1S/C13H16N4OS.ClH/c1-3-11-12(19-17-16-11)13(18)15-10-6-4-9(5-7-10)8-14-2;/h4-7,14H,3,8H2,1-2H3,(H,15,18);1H. The van der Waals surface area contributed by atoms with Gasteiger partial charge in [0.15, 0.2) is 0 Å². The summed E-state index contributed by atoms with van der Waals surface area (Å²) < 4.78 is 3.82. The van der Waals surface area contributed by atoms with Gasteiger partial charge in [-0.3, -0.25) is 4.79 Å². The van der Waals surface area contributed by atoms with Gasteiger partial charge in [0.25, 0.3) is 5.91 Å². The van der Waals surface area contributed by atoms with Gasteiger partial charge in [-0.15, -0.1) is 17.5 Å². The Morgan fingerprint density at radius 1 is 1.30 bits per heavy atom. The van der Waals surface area contributed by atoms with E-state index >= 15 is 0 Å². The van der Waals surface area contributed by atoms with E-state index in [0.29, 0.717) is 11.3 Å². The van der Waals surface area contributed by atoms with Crippen molar-refractivity contribution in [3.63, 3.8) is 0 Å². The highest BCUT2D eigenvalue weighted by Crippen LogP contribution is 2.15. The van der Waals surface area contributed by atoms with Gasteiger partial charge in [-0.1, -0.05) is 23.5 Å². The van der Waals surface area contributed by atoms with Crippen LogP contribution in [0.1, 0.15) is 27.9 Å². The maximum absolute atomic E-state index is 12.1. The maximum atomic E-state index is 12.1. The van der Waals surface area contributed by atoms with E-state index in [1.807, 2.05) is 38.2 Å². The van der Waals surface area contributed by atoms with E-state index in [-0.39, 0.29) is 18.3 Å². The Bertz CT molecular complexity index is 556. The molecular formula is C13H17ClN4OS. The minimum absolute atomic E-state index is 0. The number of carbonyl (C=O) groups excluding carboxylic acids is 1. The van der Waals surface area contributed by atoms with E-state index in [9.17, 15) is 4.79 Å².